The van der Waals surface area contributed by atoms with Crippen molar-refractivity contribution in [3.8, 4) is 0 Å². The van der Waals surface area contributed by atoms with Crippen LogP contribution < -0.4 is 0 Å². The first-order valence-electron chi connectivity index (χ1n) is 5.64. The topological polar surface area (TPSA) is 23.5 Å². The van der Waals surface area contributed by atoms with Crippen molar-refractivity contribution in [1.29, 1.82) is 0 Å². The van der Waals surface area contributed by atoms with E-state index in [4.69, 9.17) is 0 Å². The van der Waals surface area contributed by atoms with Crippen molar-refractivity contribution >= 4 is 0 Å². The lowest BCUT2D eigenvalue weighted by Gasteiger charge is -2.40. The molecule has 2 unspecified atom stereocenters. The van der Waals surface area contributed by atoms with Gasteiger partial charge >= 0.3 is 0 Å². The van der Waals surface area contributed by atoms with E-state index in [1.165, 1.54) is 32.5 Å². The summed E-state index contributed by atoms with van der Waals surface area (Å²) in [7, 11) is 0. The van der Waals surface area contributed by atoms with Gasteiger partial charge in [-0.3, -0.25) is 0 Å². The summed E-state index contributed by atoms with van der Waals surface area (Å²) in [4.78, 5) is 2.54. The minimum absolute atomic E-state index is 0.00236. The van der Waals surface area contributed by atoms with Gasteiger partial charge < -0.3 is 10.0 Å². The molecule has 76 valence electrons. The Labute approximate surface area is 80.9 Å². The summed E-state index contributed by atoms with van der Waals surface area (Å²) in [6, 6.07) is 0. The molecular formula is C11H21NO. The second kappa shape index (κ2) is 3.97. The molecule has 1 saturated heterocycles. The monoisotopic (exact) mass is 183 g/mol. The zero-order chi connectivity index (χ0) is 9.26. The summed E-state index contributed by atoms with van der Waals surface area (Å²) in [6.45, 7) is 6.12. The maximum atomic E-state index is 9.52. The maximum absolute atomic E-state index is 9.52. The lowest BCUT2D eigenvalue weighted by Crippen LogP contribution is -2.47. The average molecular weight is 183 g/mol. The lowest BCUT2D eigenvalue weighted by molar-refractivity contribution is 0.0485. The maximum Gasteiger partial charge on any atom is 0.0543 e. The number of hydrogen-bond acceptors (Lipinski definition) is 2. The van der Waals surface area contributed by atoms with Crippen LogP contribution in [0.1, 0.15) is 32.6 Å². The predicted octanol–water partition coefficient (Wildman–Crippen LogP) is 1.49. The Morgan fingerprint density at radius 3 is 2.69 bits per heavy atom. The average Bonchev–Trinajstić information content (AvgIpc) is 2.01. The lowest BCUT2D eigenvalue weighted by atomic mass is 9.86. The highest BCUT2D eigenvalue weighted by Crippen LogP contribution is 2.27. The molecule has 1 aliphatic heterocycles. The summed E-state index contributed by atoms with van der Waals surface area (Å²) in [5.41, 5.74) is 0. The SMILES string of the molecule is CC1CN(CC2CCCC(O)C2)C1. The number of aliphatic hydroxyl groups is 1. The predicted molar refractivity (Wildman–Crippen MR) is 53.6 cm³/mol. The number of likely N-dealkylation sites (tertiary alicyclic amines) is 1. The molecule has 13 heavy (non-hydrogen) atoms. The highest BCUT2D eigenvalue weighted by atomic mass is 16.3. The highest BCUT2D eigenvalue weighted by molar-refractivity contribution is 4.81. The van der Waals surface area contributed by atoms with Crippen LogP contribution in [-0.4, -0.2) is 35.7 Å². The van der Waals surface area contributed by atoms with E-state index >= 15 is 0 Å². The Morgan fingerprint density at radius 2 is 2.08 bits per heavy atom. The van der Waals surface area contributed by atoms with Gasteiger partial charge in [-0.1, -0.05) is 13.3 Å². The minimum Gasteiger partial charge on any atom is -0.393 e. The summed E-state index contributed by atoms with van der Waals surface area (Å²) in [5, 5.41) is 9.52. The summed E-state index contributed by atoms with van der Waals surface area (Å²) >= 11 is 0. The number of aliphatic hydroxyl groups excluding tert-OH is 1. The largest absolute Gasteiger partial charge is 0.393 e. The molecule has 1 N–H and O–H groups in total. The molecule has 2 aliphatic rings. The van der Waals surface area contributed by atoms with Crippen LogP contribution >= 0.6 is 0 Å². The zero-order valence-corrected chi connectivity index (χ0v) is 8.58. The van der Waals surface area contributed by atoms with E-state index in [0.717, 1.165) is 24.7 Å². The van der Waals surface area contributed by atoms with Gasteiger partial charge in [-0.05, 0) is 31.1 Å². The number of hydrogen-bond donors (Lipinski definition) is 1. The Kier molecular flexibility index (Phi) is 2.89. The van der Waals surface area contributed by atoms with Crippen LogP contribution in [0.2, 0.25) is 0 Å². The normalized spacial score (nSPS) is 37.4. The molecule has 2 nitrogen and oxygen atoms in total. The molecular weight excluding hydrogens is 162 g/mol. The number of nitrogens with zero attached hydrogens (tertiary/aromatic N) is 1. The molecule has 2 fully saturated rings. The quantitative estimate of drug-likeness (QED) is 0.701. The summed E-state index contributed by atoms with van der Waals surface area (Å²) in [6.07, 6.45) is 4.65. The standard InChI is InChI=1S/C11H21NO/c1-9-6-12(7-9)8-10-3-2-4-11(13)5-10/h9-11,13H,2-8H2,1H3. The van der Waals surface area contributed by atoms with E-state index in [1.807, 2.05) is 0 Å². The van der Waals surface area contributed by atoms with Gasteiger partial charge in [-0.25, -0.2) is 0 Å². The van der Waals surface area contributed by atoms with Crippen molar-refractivity contribution in [2.24, 2.45) is 11.8 Å². The van der Waals surface area contributed by atoms with Gasteiger partial charge in [0.1, 0.15) is 0 Å². The van der Waals surface area contributed by atoms with Gasteiger partial charge in [0.05, 0.1) is 6.10 Å². The molecule has 0 amide bonds. The van der Waals surface area contributed by atoms with Crippen LogP contribution in [0, 0.1) is 11.8 Å². The van der Waals surface area contributed by atoms with Crippen molar-refractivity contribution in [3.05, 3.63) is 0 Å². The van der Waals surface area contributed by atoms with Crippen molar-refractivity contribution in [2.45, 2.75) is 38.7 Å². The van der Waals surface area contributed by atoms with Crippen LogP contribution in [0.15, 0.2) is 0 Å². The van der Waals surface area contributed by atoms with Crippen molar-refractivity contribution in [3.63, 3.8) is 0 Å². The van der Waals surface area contributed by atoms with Crippen molar-refractivity contribution in [2.75, 3.05) is 19.6 Å². The summed E-state index contributed by atoms with van der Waals surface area (Å²) in [5.74, 6) is 1.68. The molecule has 1 aliphatic carbocycles. The van der Waals surface area contributed by atoms with Gasteiger partial charge in [0.2, 0.25) is 0 Å². The van der Waals surface area contributed by atoms with E-state index in [9.17, 15) is 5.11 Å². The highest BCUT2D eigenvalue weighted by Gasteiger charge is 2.27. The van der Waals surface area contributed by atoms with Gasteiger partial charge in [0.15, 0.2) is 0 Å². The molecule has 0 aromatic rings. The van der Waals surface area contributed by atoms with E-state index in [0.29, 0.717) is 0 Å². The third kappa shape index (κ3) is 2.44. The summed E-state index contributed by atoms with van der Waals surface area (Å²) < 4.78 is 0. The van der Waals surface area contributed by atoms with Gasteiger partial charge in [-0.2, -0.15) is 0 Å². The fourth-order valence-corrected chi connectivity index (χ4v) is 2.77. The van der Waals surface area contributed by atoms with Crippen LogP contribution in [0.25, 0.3) is 0 Å². The van der Waals surface area contributed by atoms with Crippen LogP contribution in [0.5, 0.6) is 0 Å². The van der Waals surface area contributed by atoms with E-state index in [1.54, 1.807) is 0 Å². The van der Waals surface area contributed by atoms with Crippen LogP contribution in [0.3, 0.4) is 0 Å². The molecule has 1 saturated carbocycles. The van der Waals surface area contributed by atoms with Gasteiger partial charge in [-0.15, -0.1) is 0 Å². The van der Waals surface area contributed by atoms with Crippen LogP contribution in [0.4, 0.5) is 0 Å². The molecule has 2 rings (SSSR count). The first-order valence-corrected chi connectivity index (χ1v) is 5.64. The molecule has 1 heterocycles. The third-order valence-electron chi connectivity index (χ3n) is 3.41. The third-order valence-corrected chi connectivity index (χ3v) is 3.41. The van der Waals surface area contributed by atoms with E-state index in [-0.39, 0.29) is 6.10 Å². The first kappa shape index (κ1) is 9.47. The number of rotatable bonds is 2. The Bertz CT molecular complexity index is 165. The van der Waals surface area contributed by atoms with Crippen LogP contribution in [-0.2, 0) is 0 Å². The molecule has 0 spiro atoms. The van der Waals surface area contributed by atoms with Crippen molar-refractivity contribution in [1.82, 2.24) is 4.90 Å². The molecule has 0 bridgehead atoms. The Balaban J connectivity index is 1.69. The smallest absolute Gasteiger partial charge is 0.0543 e. The molecule has 0 radical (unpaired) electrons. The fraction of sp³-hybridized carbons (Fsp3) is 1.00. The van der Waals surface area contributed by atoms with Gasteiger partial charge in [0.25, 0.3) is 0 Å². The van der Waals surface area contributed by atoms with Gasteiger partial charge in [0, 0.05) is 19.6 Å². The van der Waals surface area contributed by atoms with E-state index < -0.39 is 0 Å². The molecule has 0 aromatic heterocycles. The molecule has 2 heteroatoms. The second-order valence-corrected chi connectivity index (χ2v) is 5.01. The second-order valence-electron chi connectivity index (χ2n) is 5.01. The van der Waals surface area contributed by atoms with Crippen molar-refractivity contribution < 1.29 is 5.11 Å². The minimum atomic E-state index is -0.00236. The molecule has 2 atom stereocenters. The Morgan fingerprint density at radius 1 is 1.31 bits per heavy atom. The first-order chi connectivity index (χ1) is 6.24. The fourth-order valence-electron chi connectivity index (χ4n) is 2.77. The van der Waals surface area contributed by atoms with E-state index in [2.05, 4.69) is 11.8 Å². The zero-order valence-electron chi connectivity index (χ0n) is 8.58. The Hall–Kier alpha value is -0.0800. The molecule has 0 aromatic carbocycles.